The van der Waals surface area contributed by atoms with Gasteiger partial charge in [-0.2, -0.15) is 5.26 Å². The molecule has 0 spiro atoms. The quantitative estimate of drug-likeness (QED) is 0.553. The van der Waals surface area contributed by atoms with Crippen molar-refractivity contribution in [2.75, 3.05) is 11.9 Å². The number of benzene rings is 1. The zero-order valence-electron chi connectivity index (χ0n) is 16.2. The Balaban J connectivity index is 1.75. The highest BCUT2D eigenvalue weighted by Gasteiger charge is 2.21. The zero-order valence-corrected chi connectivity index (χ0v) is 17.7. The number of amides is 1. The summed E-state index contributed by atoms with van der Waals surface area (Å²) in [4.78, 5) is 24.6. The first kappa shape index (κ1) is 21.5. The van der Waals surface area contributed by atoms with Gasteiger partial charge in [-0.1, -0.05) is 23.2 Å². The van der Waals surface area contributed by atoms with E-state index in [4.69, 9.17) is 32.4 Å². The maximum atomic E-state index is 12.4. The molecule has 0 saturated carbocycles. The van der Waals surface area contributed by atoms with Gasteiger partial charge >= 0.3 is 5.97 Å². The van der Waals surface area contributed by atoms with Crippen LogP contribution < -0.4 is 5.32 Å². The van der Waals surface area contributed by atoms with Gasteiger partial charge in [0.1, 0.15) is 17.6 Å². The molecule has 0 fully saturated rings. The molecule has 3 rings (SSSR count). The summed E-state index contributed by atoms with van der Waals surface area (Å²) in [7, 11) is 0. The highest BCUT2D eigenvalue weighted by molar-refractivity contribution is 6.36. The number of carbonyl (C=O) groups excluding carboxylic acids is 2. The van der Waals surface area contributed by atoms with Gasteiger partial charge in [-0.15, -0.1) is 0 Å². The van der Waals surface area contributed by atoms with Crippen molar-refractivity contribution in [2.45, 2.75) is 20.4 Å². The monoisotopic (exact) mass is 445 g/mol. The normalized spacial score (nSPS) is 10.5. The molecule has 0 bridgehead atoms. The van der Waals surface area contributed by atoms with Crippen LogP contribution in [0.15, 0.2) is 41.0 Å². The van der Waals surface area contributed by atoms with Crippen LogP contribution in [0, 0.1) is 25.2 Å². The molecular weight excluding hydrogens is 429 g/mol. The van der Waals surface area contributed by atoms with Crippen molar-refractivity contribution in [1.82, 2.24) is 4.57 Å². The molecule has 0 atom stereocenters. The topological polar surface area (TPSA) is 97.3 Å². The van der Waals surface area contributed by atoms with Crippen molar-refractivity contribution >= 4 is 40.9 Å². The fourth-order valence-corrected chi connectivity index (χ4v) is 3.40. The average molecular weight is 446 g/mol. The van der Waals surface area contributed by atoms with Crippen LogP contribution in [0.2, 0.25) is 10.0 Å². The van der Waals surface area contributed by atoms with E-state index in [0.29, 0.717) is 28.7 Å². The third kappa shape index (κ3) is 4.51. The fraction of sp³-hybridized carbons (Fsp3) is 0.190. The number of rotatable bonds is 6. The van der Waals surface area contributed by atoms with Crippen LogP contribution >= 0.6 is 23.2 Å². The molecule has 1 N–H and O–H groups in total. The highest BCUT2D eigenvalue weighted by atomic mass is 35.5. The van der Waals surface area contributed by atoms with Crippen LogP contribution in [0.4, 0.5) is 5.82 Å². The van der Waals surface area contributed by atoms with E-state index in [9.17, 15) is 14.9 Å². The third-order valence-corrected chi connectivity index (χ3v) is 5.13. The lowest BCUT2D eigenvalue weighted by atomic mass is 10.2. The number of furan rings is 1. The van der Waals surface area contributed by atoms with Crippen LogP contribution in [0.1, 0.15) is 32.9 Å². The van der Waals surface area contributed by atoms with Gasteiger partial charge < -0.3 is 19.0 Å². The molecule has 0 aliphatic rings. The van der Waals surface area contributed by atoms with E-state index in [2.05, 4.69) is 11.4 Å². The van der Waals surface area contributed by atoms with Crippen molar-refractivity contribution in [1.29, 1.82) is 5.26 Å². The summed E-state index contributed by atoms with van der Waals surface area (Å²) >= 11 is 11.8. The van der Waals surface area contributed by atoms with Crippen LogP contribution in [0.5, 0.6) is 0 Å². The number of aromatic nitrogens is 1. The molecule has 0 aliphatic carbocycles. The maximum absolute atomic E-state index is 12.4. The number of nitrogens with one attached hydrogen (secondary N) is 1. The smallest absolute Gasteiger partial charge is 0.340 e. The van der Waals surface area contributed by atoms with Crippen LogP contribution in [-0.4, -0.2) is 23.1 Å². The van der Waals surface area contributed by atoms with Gasteiger partial charge in [-0.3, -0.25) is 4.79 Å². The summed E-state index contributed by atoms with van der Waals surface area (Å²) in [5.74, 6) is -0.375. The van der Waals surface area contributed by atoms with Gasteiger partial charge in [0.15, 0.2) is 6.61 Å². The number of carbonyl (C=O) groups is 2. The van der Waals surface area contributed by atoms with E-state index < -0.39 is 18.5 Å². The number of anilines is 1. The van der Waals surface area contributed by atoms with Crippen LogP contribution in [-0.2, 0) is 16.1 Å². The summed E-state index contributed by atoms with van der Waals surface area (Å²) in [5.41, 5.74) is 1.98. The van der Waals surface area contributed by atoms with Crippen molar-refractivity contribution in [2.24, 2.45) is 0 Å². The van der Waals surface area contributed by atoms with Crippen molar-refractivity contribution in [3.8, 4) is 6.07 Å². The SMILES string of the molecule is Cc1c(C#N)c(NC(=O)COC(=O)c2ccc(Cl)cc2Cl)n(Cc2ccco2)c1C. The Kier molecular flexibility index (Phi) is 6.50. The van der Waals surface area contributed by atoms with E-state index in [1.807, 2.05) is 6.92 Å². The number of hydrogen-bond donors (Lipinski definition) is 1. The Bertz CT molecular complexity index is 1140. The Hall–Kier alpha value is -3.21. The molecule has 1 amide bonds. The average Bonchev–Trinajstić information content (AvgIpc) is 3.29. The first-order valence-electron chi connectivity index (χ1n) is 8.86. The first-order chi connectivity index (χ1) is 14.3. The minimum Gasteiger partial charge on any atom is -0.467 e. The summed E-state index contributed by atoms with van der Waals surface area (Å²) in [5, 5.41) is 12.7. The molecule has 0 radical (unpaired) electrons. The third-order valence-electron chi connectivity index (χ3n) is 4.58. The maximum Gasteiger partial charge on any atom is 0.340 e. The standard InChI is InChI=1S/C21H17Cl2N3O4/c1-12-13(2)26(10-15-4-3-7-29-15)20(17(12)9-24)25-19(27)11-30-21(28)16-6-5-14(22)8-18(16)23/h3-8H,10-11H2,1-2H3,(H,25,27). The molecule has 0 unspecified atom stereocenters. The lowest BCUT2D eigenvalue weighted by Gasteiger charge is -2.12. The number of nitriles is 1. The number of halogens is 2. The van der Waals surface area contributed by atoms with E-state index >= 15 is 0 Å². The van der Waals surface area contributed by atoms with Crippen molar-refractivity contribution in [3.63, 3.8) is 0 Å². The predicted octanol–water partition coefficient (Wildman–Crippen LogP) is 4.72. The minimum atomic E-state index is -0.759. The van der Waals surface area contributed by atoms with E-state index in [1.54, 1.807) is 29.9 Å². The molecule has 30 heavy (non-hydrogen) atoms. The van der Waals surface area contributed by atoms with Gasteiger partial charge in [0.25, 0.3) is 5.91 Å². The van der Waals surface area contributed by atoms with Gasteiger partial charge in [0.2, 0.25) is 0 Å². The van der Waals surface area contributed by atoms with Gasteiger partial charge in [0.05, 0.1) is 29.0 Å². The lowest BCUT2D eigenvalue weighted by Crippen LogP contribution is -2.23. The largest absolute Gasteiger partial charge is 0.467 e. The summed E-state index contributed by atoms with van der Waals surface area (Å²) in [6.45, 7) is 3.42. The Morgan fingerprint density at radius 1 is 1.27 bits per heavy atom. The van der Waals surface area contributed by atoms with Gasteiger partial charge in [-0.05, 0) is 49.7 Å². The number of esters is 1. The molecule has 154 valence electrons. The summed E-state index contributed by atoms with van der Waals surface area (Å²) in [6.07, 6.45) is 1.55. The predicted molar refractivity (Wildman–Crippen MR) is 112 cm³/mol. The number of nitrogens with zero attached hydrogens (tertiary/aromatic N) is 2. The number of ether oxygens (including phenoxy) is 1. The van der Waals surface area contributed by atoms with E-state index in [0.717, 1.165) is 11.3 Å². The lowest BCUT2D eigenvalue weighted by molar-refractivity contribution is -0.119. The van der Waals surface area contributed by atoms with E-state index in [1.165, 1.54) is 18.2 Å². The van der Waals surface area contributed by atoms with Crippen molar-refractivity contribution in [3.05, 3.63) is 74.8 Å². The molecular formula is C21H17Cl2N3O4. The second kappa shape index (κ2) is 9.08. The van der Waals surface area contributed by atoms with E-state index in [-0.39, 0.29) is 10.6 Å². The summed E-state index contributed by atoms with van der Waals surface area (Å²) < 4.78 is 12.2. The number of hydrogen-bond acceptors (Lipinski definition) is 5. The summed E-state index contributed by atoms with van der Waals surface area (Å²) in [6, 6.07) is 9.98. The molecule has 7 nitrogen and oxygen atoms in total. The van der Waals surface area contributed by atoms with Crippen LogP contribution in [0.3, 0.4) is 0 Å². The molecule has 1 aromatic carbocycles. The van der Waals surface area contributed by atoms with Crippen molar-refractivity contribution < 1.29 is 18.7 Å². The highest BCUT2D eigenvalue weighted by Crippen LogP contribution is 2.27. The van der Waals surface area contributed by atoms with Gasteiger partial charge in [-0.25, -0.2) is 4.79 Å². The first-order valence-corrected chi connectivity index (χ1v) is 9.61. The Morgan fingerprint density at radius 2 is 2.03 bits per heavy atom. The fourth-order valence-electron chi connectivity index (χ4n) is 2.92. The molecule has 9 heteroatoms. The molecule has 0 saturated heterocycles. The van der Waals surface area contributed by atoms with Crippen LogP contribution in [0.25, 0.3) is 0 Å². The Morgan fingerprint density at radius 3 is 2.67 bits per heavy atom. The molecule has 0 aliphatic heterocycles. The molecule has 2 aromatic heterocycles. The molecule has 2 heterocycles. The second-order valence-corrected chi connectivity index (χ2v) is 7.30. The molecule has 3 aromatic rings. The van der Waals surface area contributed by atoms with Gasteiger partial charge in [0, 0.05) is 10.7 Å². The Labute approximate surface area is 182 Å². The zero-order chi connectivity index (χ0) is 21.8. The minimum absolute atomic E-state index is 0.0967. The second-order valence-electron chi connectivity index (χ2n) is 6.46.